The monoisotopic (exact) mass is 269 g/mol. The molecule has 94 valence electrons. The highest BCUT2D eigenvalue weighted by molar-refractivity contribution is 7.98. The zero-order valence-electron chi connectivity index (χ0n) is 10.3. The van der Waals surface area contributed by atoms with Crippen LogP contribution < -0.4 is 0 Å². The lowest BCUT2D eigenvalue weighted by Crippen LogP contribution is -1.98. The highest BCUT2D eigenvalue weighted by Crippen LogP contribution is 2.21. The molecule has 0 aliphatic rings. The van der Waals surface area contributed by atoms with E-state index in [9.17, 15) is 4.79 Å². The molecule has 0 fully saturated rings. The van der Waals surface area contributed by atoms with E-state index in [1.807, 2.05) is 30.5 Å². The summed E-state index contributed by atoms with van der Waals surface area (Å²) >= 11 is 1.70. The van der Waals surface area contributed by atoms with Crippen molar-refractivity contribution in [3.8, 4) is 11.3 Å². The van der Waals surface area contributed by atoms with E-state index in [1.165, 1.54) is 11.1 Å². The Hall–Kier alpha value is -2.14. The molecule has 0 unspecified atom stereocenters. The second kappa shape index (κ2) is 4.85. The molecule has 0 aliphatic carbocycles. The zero-order valence-corrected chi connectivity index (χ0v) is 11.1. The van der Waals surface area contributed by atoms with Crippen LogP contribution in [0.1, 0.15) is 10.5 Å². The summed E-state index contributed by atoms with van der Waals surface area (Å²) in [6, 6.07) is 11.9. The van der Waals surface area contributed by atoms with Crippen LogP contribution in [0, 0.1) is 0 Å². The Kier molecular flexibility index (Phi) is 3.05. The number of aromatic nitrogens is 3. The number of rotatable bonds is 3. The van der Waals surface area contributed by atoms with Gasteiger partial charge in [0.25, 0.3) is 0 Å². The van der Waals surface area contributed by atoms with Crippen molar-refractivity contribution < 1.29 is 4.79 Å². The SMILES string of the molecule is CSc1ccc(-c2ccc3ncc(C=O)n3n2)cc1. The van der Waals surface area contributed by atoms with Gasteiger partial charge in [-0.3, -0.25) is 4.79 Å². The third-order valence-corrected chi connectivity index (χ3v) is 3.64. The highest BCUT2D eigenvalue weighted by atomic mass is 32.2. The van der Waals surface area contributed by atoms with E-state index in [0.29, 0.717) is 11.3 Å². The van der Waals surface area contributed by atoms with Gasteiger partial charge in [0.2, 0.25) is 0 Å². The van der Waals surface area contributed by atoms with Crippen molar-refractivity contribution >= 4 is 23.7 Å². The van der Waals surface area contributed by atoms with Crippen LogP contribution in [0.2, 0.25) is 0 Å². The average Bonchev–Trinajstić information content (AvgIpc) is 2.89. The third-order valence-electron chi connectivity index (χ3n) is 2.90. The van der Waals surface area contributed by atoms with Crippen LogP contribution in [-0.4, -0.2) is 27.1 Å². The normalized spacial score (nSPS) is 10.8. The molecular weight excluding hydrogens is 258 g/mol. The van der Waals surface area contributed by atoms with Gasteiger partial charge in [-0.2, -0.15) is 5.10 Å². The van der Waals surface area contributed by atoms with Crippen molar-refractivity contribution in [1.82, 2.24) is 14.6 Å². The second-order valence-corrected chi connectivity index (χ2v) is 4.90. The summed E-state index contributed by atoms with van der Waals surface area (Å²) in [6.07, 6.45) is 4.32. The first-order valence-corrected chi connectivity index (χ1v) is 6.98. The van der Waals surface area contributed by atoms with Gasteiger partial charge in [-0.15, -0.1) is 11.8 Å². The Balaban J connectivity index is 2.10. The maximum atomic E-state index is 10.9. The molecule has 0 amide bonds. The number of carbonyl (C=O) groups excluding carboxylic acids is 1. The number of benzene rings is 1. The van der Waals surface area contributed by atoms with Crippen molar-refractivity contribution in [2.75, 3.05) is 6.26 Å². The lowest BCUT2D eigenvalue weighted by molar-refractivity contribution is 0.111. The summed E-state index contributed by atoms with van der Waals surface area (Å²) in [5.74, 6) is 0. The van der Waals surface area contributed by atoms with Crippen LogP contribution in [0.25, 0.3) is 16.9 Å². The summed E-state index contributed by atoms with van der Waals surface area (Å²) in [5.41, 5.74) is 2.97. The van der Waals surface area contributed by atoms with Crippen LogP contribution >= 0.6 is 11.8 Å². The molecule has 0 saturated carbocycles. The van der Waals surface area contributed by atoms with Crippen molar-refractivity contribution in [3.63, 3.8) is 0 Å². The van der Waals surface area contributed by atoms with Crippen molar-refractivity contribution in [3.05, 3.63) is 48.3 Å². The largest absolute Gasteiger partial charge is 0.296 e. The maximum absolute atomic E-state index is 10.9. The number of fused-ring (bicyclic) bond motifs is 1. The average molecular weight is 269 g/mol. The molecule has 0 aliphatic heterocycles. The first-order chi connectivity index (χ1) is 9.31. The molecule has 0 radical (unpaired) electrons. The minimum atomic E-state index is 0.456. The Morgan fingerprint density at radius 2 is 1.95 bits per heavy atom. The number of imidazole rings is 1. The molecule has 0 bridgehead atoms. The number of carbonyl (C=O) groups is 1. The fourth-order valence-electron chi connectivity index (χ4n) is 1.89. The second-order valence-electron chi connectivity index (χ2n) is 4.02. The Bertz CT molecular complexity index is 734. The van der Waals surface area contributed by atoms with Crippen LogP contribution in [0.3, 0.4) is 0 Å². The summed E-state index contributed by atoms with van der Waals surface area (Å²) in [6.45, 7) is 0. The van der Waals surface area contributed by atoms with E-state index in [-0.39, 0.29) is 0 Å². The van der Waals surface area contributed by atoms with Crippen molar-refractivity contribution in [2.45, 2.75) is 4.90 Å². The minimum absolute atomic E-state index is 0.456. The van der Waals surface area contributed by atoms with Crippen molar-refractivity contribution in [1.29, 1.82) is 0 Å². The first-order valence-electron chi connectivity index (χ1n) is 5.76. The summed E-state index contributed by atoms with van der Waals surface area (Å²) in [7, 11) is 0. The molecule has 4 nitrogen and oxygen atoms in total. The third kappa shape index (κ3) is 2.13. The fourth-order valence-corrected chi connectivity index (χ4v) is 2.30. The molecule has 2 heterocycles. The summed E-state index contributed by atoms with van der Waals surface area (Å²) in [4.78, 5) is 16.2. The Morgan fingerprint density at radius 1 is 1.16 bits per heavy atom. The smallest absolute Gasteiger partial charge is 0.170 e. The van der Waals surface area contributed by atoms with Crippen LogP contribution in [-0.2, 0) is 0 Å². The molecule has 3 aromatic rings. The van der Waals surface area contributed by atoms with E-state index < -0.39 is 0 Å². The quantitative estimate of drug-likeness (QED) is 0.542. The van der Waals surface area contributed by atoms with Crippen LogP contribution in [0.15, 0.2) is 47.5 Å². The lowest BCUT2D eigenvalue weighted by atomic mass is 10.1. The predicted octanol–water partition coefficient (Wildman–Crippen LogP) is 2.93. The molecule has 2 aromatic heterocycles. The van der Waals surface area contributed by atoms with E-state index in [1.54, 1.807) is 16.3 Å². The van der Waals surface area contributed by atoms with E-state index >= 15 is 0 Å². The molecule has 5 heteroatoms. The van der Waals surface area contributed by atoms with Crippen molar-refractivity contribution in [2.24, 2.45) is 0 Å². The molecule has 0 N–H and O–H groups in total. The van der Waals surface area contributed by atoms with E-state index in [0.717, 1.165) is 17.5 Å². The van der Waals surface area contributed by atoms with E-state index in [4.69, 9.17) is 0 Å². The zero-order chi connectivity index (χ0) is 13.2. The minimum Gasteiger partial charge on any atom is -0.296 e. The fraction of sp³-hybridized carbons (Fsp3) is 0.0714. The number of nitrogens with zero attached hydrogens (tertiary/aromatic N) is 3. The first kappa shape index (κ1) is 11.9. The Morgan fingerprint density at radius 3 is 2.63 bits per heavy atom. The van der Waals surface area contributed by atoms with Crippen LogP contribution in [0.5, 0.6) is 0 Å². The summed E-state index contributed by atoms with van der Waals surface area (Å²) in [5, 5.41) is 4.45. The molecule has 19 heavy (non-hydrogen) atoms. The highest BCUT2D eigenvalue weighted by Gasteiger charge is 2.06. The molecule has 0 atom stereocenters. The topological polar surface area (TPSA) is 47.3 Å². The number of hydrogen-bond donors (Lipinski definition) is 0. The molecule has 0 saturated heterocycles. The number of hydrogen-bond acceptors (Lipinski definition) is 4. The molecule has 0 spiro atoms. The van der Waals surface area contributed by atoms with Gasteiger partial charge in [-0.1, -0.05) is 12.1 Å². The van der Waals surface area contributed by atoms with Gasteiger partial charge in [0.1, 0.15) is 5.69 Å². The maximum Gasteiger partial charge on any atom is 0.170 e. The number of thioether (sulfide) groups is 1. The number of aldehydes is 1. The molecular formula is C14H11N3OS. The van der Waals surface area contributed by atoms with Gasteiger partial charge in [0, 0.05) is 10.5 Å². The van der Waals surface area contributed by atoms with Gasteiger partial charge in [-0.05, 0) is 30.5 Å². The lowest BCUT2D eigenvalue weighted by Gasteiger charge is -2.03. The molecule has 1 aromatic carbocycles. The molecule has 3 rings (SSSR count). The van der Waals surface area contributed by atoms with E-state index in [2.05, 4.69) is 22.2 Å². The predicted molar refractivity (Wildman–Crippen MR) is 75.6 cm³/mol. The standard InChI is InChI=1S/C14H11N3OS/c1-19-12-4-2-10(3-5-12)13-6-7-14-15-8-11(9-18)17(14)16-13/h2-9H,1H3. The van der Waals surface area contributed by atoms with Gasteiger partial charge in [0.05, 0.1) is 11.9 Å². The Labute approximate surface area is 114 Å². The van der Waals surface area contributed by atoms with Crippen LogP contribution in [0.4, 0.5) is 0 Å². The summed E-state index contributed by atoms with van der Waals surface area (Å²) < 4.78 is 1.56. The van der Waals surface area contributed by atoms with Gasteiger partial charge < -0.3 is 0 Å². The van der Waals surface area contributed by atoms with Gasteiger partial charge in [0.15, 0.2) is 11.9 Å². The van der Waals surface area contributed by atoms with Gasteiger partial charge in [-0.25, -0.2) is 9.50 Å². The van der Waals surface area contributed by atoms with Gasteiger partial charge >= 0.3 is 0 Å².